The molecule has 2 heterocycles. The Hall–Kier alpha value is -2.89. The molecule has 204 valence electrons. The first-order valence-corrected chi connectivity index (χ1v) is 13.3. The summed E-state index contributed by atoms with van der Waals surface area (Å²) in [5.41, 5.74) is 2.72. The fraction of sp³-hybridized carbons (Fsp3) is 0.370. The highest BCUT2D eigenvalue weighted by Gasteiger charge is 2.30. The van der Waals surface area contributed by atoms with Crippen LogP contribution in [0.3, 0.4) is 0 Å². The zero-order chi connectivity index (χ0) is 27.5. The van der Waals surface area contributed by atoms with Gasteiger partial charge < -0.3 is 19.7 Å². The van der Waals surface area contributed by atoms with Crippen molar-refractivity contribution in [2.75, 3.05) is 53.0 Å². The molecule has 0 bridgehead atoms. The van der Waals surface area contributed by atoms with Gasteiger partial charge in [-0.25, -0.2) is 14.4 Å². The smallest absolute Gasteiger partial charge is 0.332 e. The van der Waals surface area contributed by atoms with E-state index in [1.807, 2.05) is 17.8 Å². The number of piperazine rings is 1. The number of halogens is 1. The second kappa shape index (κ2) is 14.9. The van der Waals surface area contributed by atoms with Crippen LogP contribution >= 0.6 is 23.4 Å². The van der Waals surface area contributed by atoms with Crippen LogP contribution in [0.15, 0.2) is 64.4 Å². The Labute approximate surface area is 231 Å². The van der Waals surface area contributed by atoms with E-state index >= 15 is 0 Å². The highest BCUT2D eigenvalue weighted by Crippen LogP contribution is 2.43. The van der Waals surface area contributed by atoms with Crippen LogP contribution < -0.4 is 0 Å². The molecule has 1 fully saturated rings. The molecule has 0 amide bonds. The van der Waals surface area contributed by atoms with Crippen LogP contribution in [0.1, 0.15) is 17.2 Å². The number of hydrogen-bond donors (Lipinski definition) is 2. The molecule has 1 saturated heterocycles. The lowest BCUT2D eigenvalue weighted by molar-refractivity contribution is -0.148. The zero-order valence-corrected chi connectivity index (χ0v) is 22.6. The molecule has 2 N–H and O–H groups in total. The number of hydrogen-bond acceptors (Lipinski definition) is 8. The van der Waals surface area contributed by atoms with E-state index in [0.717, 1.165) is 44.2 Å². The van der Waals surface area contributed by atoms with Gasteiger partial charge in [-0.1, -0.05) is 41.6 Å². The maximum atomic E-state index is 11.4. The summed E-state index contributed by atoms with van der Waals surface area (Å²) in [4.78, 5) is 38.1. The van der Waals surface area contributed by atoms with Gasteiger partial charge in [0, 0.05) is 72.8 Å². The average molecular weight is 563 g/mol. The van der Waals surface area contributed by atoms with Crippen LogP contribution in [-0.2, 0) is 30.3 Å². The maximum Gasteiger partial charge on any atom is 0.332 e. The van der Waals surface area contributed by atoms with Crippen LogP contribution in [0.4, 0.5) is 0 Å². The SMILES string of the molecule is COCC(=O)OCCN1CCN(C2Cc3cc(Cl)ccc3Sc3ccccc32)CC1.O=C(O)C=CC(=O)O. The number of nitrogens with zero attached hydrogens (tertiary/aromatic N) is 2. The lowest BCUT2D eigenvalue weighted by atomic mass is 9.96. The Bertz CT molecular complexity index is 1140. The van der Waals surface area contributed by atoms with E-state index in [1.54, 1.807) is 0 Å². The quantitative estimate of drug-likeness (QED) is 0.365. The van der Waals surface area contributed by atoms with Crippen LogP contribution in [0, 0.1) is 0 Å². The molecule has 0 saturated carbocycles. The second-order valence-electron chi connectivity index (χ2n) is 8.65. The number of carboxylic acid groups (broad SMARTS) is 2. The standard InChI is InChI=1S/C23H27ClN2O3S.C4H4O4/c1-28-16-23(27)29-13-12-25-8-10-26(11-9-25)20-15-17-14-18(24)6-7-21(17)30-22-5-3-2-4-19(20)22;5-3(6)1-2-4(7)8/h2-7,14,20H,8-13,15-16H2,1H3;1-2H,(H,5,6)(H,7,8). The lowest BCUT2D eigenvalue weighted by Gasteiger charge is -2.39. The molecule has 2 aromatic carbocycles. The van der Waals surface area contributed by atoms with Crippen LogP contribution in [0.2, 0.25) is 5.02 Å². The van der Waals surface area contributed by atoms with Crippen molar-refractivity contribution in [1.29, 1.82) is 0 Å². The Morgan fingerprint density at radius 2 is 1.71 bits per heavy atom. The van der Waals surface area contributed by atoms with Gasteiger partial charge in [-0.15, -0.1) is 0 Å². The van der Waals surface area contributed by atoms with Crippen molar-refractivity contribution in [3.63, 3.8) is 0 Å². The maximum absolute atomic E-state index is 11.4. The van der Waals surface area contributed by atoms with E-state index in [-0.39, 0.29) is 12.6 Å². The number of carboxylic acids is 2. The van der Waals surface area contributed by atoms with Gasteiger partial charge in [0.15, 0.2) is 0 Å². The van der Waals surface area contributed by atoms with Gasteiger partial charge in [0.05, 0.1) is 0 Å². The molecule has 2 aliphatic rings. The molecule has 1 unspecified atom stereocenters. The number of carbonyl (C=O) groups is 3. The third kappa shape index (κ3) is 9.14. The molecule has 0 aliphatic carbocycles. The number of fused-ring (bicyclic) bond motifs is 2. The molecule has 1 atom stereocenters. The number of carbonyl (C=O) groups excluding carboxylic acids is 1. The molecule has 38 heavy (non-hydrogen) atoms. The summed E-state index contributed by atoms with van der Waals surface area (Å²) in [6, 6.07) is 15.3. The van der Waals surface area contributed by atoms with Crippen molar-refractivity contribution in [2.24, 2.45) is 0 Å². The van der Waals surface area contributed by atoms with E-state index in [1.165, 1.54) is 28.0 Å². The number of esters is 1. The molecule has 0 aromatic heterocycles. The fourth-order valence-electron chi connectivity index (χ4n) is 4.31. The minimum atomic E-state index is -1.26. The van der Waals surface area contributed by atoms with Crippen molar-refractivity contribution >= 4 is 41.3 Å². The molecule has 2 aromatic rings. The normalized spacial score (nSPS) is 17.5. The predicted molar refractivity (Wildman–Crippen MR) is 144 cm³/mol. The molecular weight excluding hydrogens is 532 g/mol. The molecule has 9 nitrogen and oxygen atoms in total. The van der Waals surface area contributed by atoms with Gasteiger partial charge in [0.1, 0.15) is 13.2 Å². The third-order valence-electron chi connectivity index (χ3n) is 6.08. The fourth-order valence-corrected chi connectivity index (χ4v) is 5.62. The Morgan fingerprint density at radius 1 is 1.03 bits per heavy atom. The van der Waals surface area contributed by atoms with E-state index < -0.39 is 11.9 Å². The first-order chi connectivity index (χ1) is 18.3. The number of aliphatic carboxylic acids is 2. The number of rotatable bonds is 8. The first kappa shape index (κ1) is 29.7. The zero-order valence-electron chi connectivity index (χ0n) is 21.0. The van der Waals surface area contributed by atoms with E-state index in [9.17, 15) is 14.4 Å². The van der Waals surface area contributed by atoms with Gasteiger partial charge in [0.2, 0.25) is 0 Å². The highest BCUT2D eigenvalue weighted by molar-refractivity contribution is 7.99. The molecule has 0 radical (unpaired) electrons. The van der Waals surface area contributed by atoms with Crippen molar-refractivity contribution in [2.45, 2.75) is 22.3 Å². The van der Waals surface area contributed by atoms with E-state index in [2.05, 4.69) is 46.2 Å². The highest BCUT2D eigenvalue weighted by atomic mass is 35.5. The van der Waals surface area contributed by atoms with Gasteiger partial charge in [-0.05, 0) is 41.8 Å². The van der Waals surface area contributed by atoms with Gasteiger partial charge >= 0.3 is 17.9 Å². The van der Waals surface area contributed by atoms with Crippen molar-refractivity contribution in [3.8, 4) is 0 Å². The molecule has 4 rings (SSSR count). The monoisotopic (exact) mass is 562 g/mol. The predicted octanol–water partition coefficient (Wildman–Crippen LogP) is 3.61. The van der Waals surface area contributed by atoms with Crippen molar-refractivity contribution in [1.82, 2.24) is 9.80 Å². The molecule has 2 aliphatic heterocycles. The first-order valence-electron chi connectivity index (χ1n) is 12.1. The average Bonchev–Trinajstić information content (AvgIpc) is 3.05. The minimum Gasteiger partial charge on any atom is -0.478 e. The van der Waals surface area contributed by atoms with Gasteiger partial charge in [0.25, 0.3) is 0 Å². The molecule has 0 spiro atoms. The summed E-state index contributed by atoms with van der Waals surface area (Å²) >= 11 is 8.15. The number of benzene rings is 2. The van der Waals surface area contributed by atoms with Gasteiger partial charge in [-0.2, -0.15) is 0 Å². The van der Waals surface area contributed by atoms with Crippen molar-refractivity contribution in [3.05, 3.63) is 70.8 Å². The van der Waals surface area contributed by atoms with Crippen molar-refractivity contribution < 1.29 is 34.1 Å². The van der Waals surface area contributed by atoms with Crippen LogP contribution in [0.5, 0.6) is 0 Å². The molecular formula is C27H31ClN2O7S. The summed E-state index contributed by atoms with van der Waals surface area (Å²) < 4.78 is 10.0. The lowest BCUT2D eigenvalue weighted by Crippen LogP contribution is -2.48. The van der Waals surface area contributed by atoms with Crippen LogP contribution in [-0.4, -0.2) is 91.0 Å². The summed E-state index contributed by atoms with van der Waals surface area (Å²) in [6.45, 7) is 5.11. The minimum absolute atomic E-state index is 0.0123. The molecule has 11 heteroatoms. The Balaban J connectivity index is 0.000000436. The Morgan fingerprint density at radius 3 is 2.37 bits per heavy atom. The van der Waals surface area contributed by atoms with E-state index in [4.69, 9.17) is 31.3 Å². The summed E-state index contributed by atoms with van der Waals surface area (Å²) in [6.07, 6.45) is 2.08. The summed E-state index contributed by atoms with van der Waals surface area (Å²) in [5.74, 6) is -2.82. The summed E-state index contributed by atoms with van der Waals surface area (Å²) in [7, 11) is 1.50. The Kier molecular flexibility index (Phi) is 11.6. The summed E-state index contributed by atoms with van der Waals surface area (Å²) in [5, 5.41) is 16.4. The van der Waals surface area contributed by atoms with Gasteiger partial charge in [-0.3, -0.25) is 9.80 Å². The second-order valence-corrected chi connectivity index (χ2v) is 10.2. The number of ether oxygens (including phenoxy) is 2. The largest absolute Gasteiger partial charge is 0.478 e. The van der Waals surface area contributed by atoms with Crippen LogP contribution in [0.25, 0.3) is 0 Å². The number of methoxy groups -OCH3 is 1. The van der Waals surface area contributed by atoms with E-state index in [0.29, 0.717) is 24.8 Å². The topological polar surface area (TPSA) is 117 Å². The third-order valence-corrected chi connectivity index (χ3v) is 7.53.